The summed E-state index contributed by atoms with van der Waals surface area (Å²) in [5, 5.41) is 4.93. The molecule has 9 heterocycles. The fourth-order valence-electron chi connectivity index (χ4n) is 21.1. The van der Waals surface area contributed by atoms with Crippen molar-refractivity contribution in [3.63, 3.8) is 0 Å². The third-order valence-electron chi connectivity index (χ3n) is 29.3. The number of pyridine rings is 6. The molecule has 0 aliphatic rings. The zero-order valence-corrected chi connectivity index (χ0v) is 82.8. The standard InChI is InChI=1S/C126H138N12/c1-7-13-19-25-31-37-43-85-49-61-91(62-50-85)103-79-73-97-109(127-103)110-98(74-80-104(128-110)92-63-51-86(52-64-92)44-38-32-26-20-14-8-2)116-115(97)133-121-122(134-116)124-126(138-120-102-78-84-108(96-71-59-90(60-72-96)48-42-36-30-24-18-12-6)132-114(102)113-101(119(120)136-124)77-83-107(131-113)95-69-57-89(58-70-95)47-41-35-29-23-17-11-5)125-123(121)135-117-99-75-81-105(93-65-53-87(54-66-93)45-39-33-27-21-15-9-3)129-111(99)112-100(118(117)137-125)76-82-106(130-112)94-67-55-88(56-68-94)46-40-34-28-22-16-10-4/h49-84H,7-48H2,1-6H3. The van der Waals surface area contributed by atoms with Gasteiger partial charge < -0.3 is 0 Å². The average molecular weight is 1820 g/mol. The second kappa shape index (κ2) is 45.8. The maximum atomic E-state index is 6.06. The minimum atomic E-state index is 0.534. The molecule has 0 amide bonds. The Morgan fingerprint density at radius 3 is 0.377 bits per heavy atom. The van der Waals surface area contributed by atoms with Gasteiger partial charge in [-0.2, -0.15) is 0 Å². The van der Waals surface area contributed by atoms with Gasteiger partial charge in [0.25, 0.3) is 0 Å². The first kappa shape index (κ1) is 94.4. The topological polar surface area (TPSA) is 155 Å². The van der Waals surface area contributed by atoms with Crippen LogP contribution in [0.15, 0.2) is 218 Å². The predicted octanol–water partition coefficient (Wildman–Crippen LogP) is 35.7. The van der Waals surface area contributed by atoms with Gasteiger partial charge in [0, 0.05) is 65.7 Å². The van der Waals surface area contributed by atoms with E-state index in [2.05, 4.69) is 260 Å². The Morgan fingerprint density at radius 1 is 0.116 bits per heavy atom. The van der Waals surface area contributed by atoms with Crippen molar-refractivity contribution in [1.82, 2.24) is 59.8 Å². The summed E-state index contributed by atoms with van der Waals surface area (Å²) in [6.07, 6.45) is 51.8. The third kappa shape index (κ3) is 21.5. The molecule has 0 fully saturated rings. The van der Waals surface area contributed by atoms with Crippen molar-refractivity contribution < 1.29 is 0 Å². The van der Waals surface area contributed by atoms with Crippen LogP contribution in [0.5, 0.6) is 0 Å². The molecule has 0 aliphatic carbocycles. The molecule has 0 bridgehead atoms. The van der Waals surface area contributed by atoms with Gasteiger partial charge in [0.15, 0.2) is 0 Å². The normalized spacial score (nSPS) is 12.0. The molecule has 0 saturated carbocycles. The molecule has 0 N–H and O–H groups in total. The fraction of sp³-hybridized carbons (Fsp3) is 0.381. The van der Waals surface area contributed by atoms with E-state index in [4.69, 9.17) is 59.8 Å². The lowest BCUT2D eigenvalue weighted by atomic mass is 10.00. The Kier molecular flexibility index (Phi) is 31.4. The number of nitrogens with zero attached hydrogens (tertiary/aromatic N) is 12. The second-order valence-corrected chi connectivity index (χ2v) is 39.7. The lowest BCUT2D eigenvalue weighted by Gasteiger charge is -2.16. The molecule has 0 saturated heterocycles. The quantitative estimate of drug-likeness (QED) is 0.0202. The van der Waals surface area contributed by atoms with Crippen molar-refractivity contribution in [2.75, 3.05) is 0 Å². The van der Waals surface area contributed by atoms with Gasteiger partial charge >= 0.3 is 0 Å². The molecule has 138 heavy (non-hydrogen) atoms. The van der Waals surface area contributed by atoms with Crippen molar-refractivity contribution in [3.05, 3.63) is 252 Å². The van der Waals surface area contributed by atoms with E-state index in [0.717, 1.165) is 171 Å². The van der Waals surface area contributed by atoms with Crippen molar-refractivity contribution in [2.24, 2.45) is 0 Å². The summed E-state index contributed by atoms with van der Waals surface area (Å²) in [7, 11) is 0. The SMILES string of the molecule is CCCCCCCCc1ccc(-c2ccc3c(n2)c2nc(-c4ccc(CCCCCCCC)cc4)ccc2c2nc4c(nc32)c2nc3c5ccc(-c6ccc(CCCCCCCC)cc6)nc5c5nc(-c6ccc(CCCCCCCC)cc6)ccc5c3nc2c2nc3c5ccc(-c6ccc(CCCCCCCC)cc6)nc5c5nc(-c6ccc(CCCCCCCC)cc6)ccc5c3nc42)cc1. The van der Waals surface area contributed by atoms with Crippen LogP contribution >= 0.6 is 0 Å². The van der Waals surface area contributed by atoms with E-state index in [1.165, 1.54) is 265 Å². The van der Waals surface area contributed by atoms with Crippen molar-refractivity contribution in [2.45, 2.75) is 311 Å². The lowest BCUT2D eigenvalue weighted by molar-refractivity contribution is 0.607. The Hall–Kier alpha value is -12.5. The van der Waals surface area contributed by atoms with Crippen LogP contribution in [-0.4, -0.2) is 59.8 Å². The number of hydrogen-bond acceptors (Lipinski definition) is 12. The largest absolute Gasteiger partial charge is 0.245 e. The maximum Gasteiger partial charge on any atom is 0.120 e. The predicted molar refractivity (Wildman–Crippen MR) is 585 cm³/mol. The molecular weight excluding hydrogens is 1680 g/mol. The van der Waals surface area contributed by atoms with Gasteiger partial charge in [-0.05, 0) is 183 Å². The molecular formula is C126H138N12. The molecule has 19 aromatic rings. The fourth-order valence-corrected chi connectivity index (χ4v) is 21.1. The third-order valence-corrected chi connectivity index (χ3v) is 29.3. The minimum Gasteiger partial charge on any atom is -0.245 e. The average Bonchev–Trinajstić information content (AvgIpc) is 0.693. The van der Waals surface area contributed by atoms with Crippen LogP contribution in [0.1, 0.15) is 306 Å². The summed E-state index contributed by atoms with van der Waals surface area (Å²) in [5.41, 5.74) is 31.1. The second-order valence-electron chi connectivity index (χ2n) is 39.7. The number of benzene rings is 10. The van der Waals surface area contributed by atoms with Gasteiger partial charge in [-0.15, -0.1) is 0 Å². The number of rotatable bonds is 48. The van der Waals surface area contributed by atoms with Crippen LogP contribution < -0.4 is 0 Å². The summed E-state index contributed by atoms with van der Waals surface area (Å²) in [4.78, 5) is 70.8. The van der Waals surface area contributed by atoms with Gasteiger partial charge in [-0.25, -0.2) is 59.8 Å². The van der Waals surface area contributed by atoms with Gasteiger partial charge in [-0.3, -0.25) is 0 Å². The summed E-state index contributed by atoms with van der Waals surface area (Å²) in [5.74, 6) is 0. The van der Waals surface area contributed by atoms with Crippen molar-refractivity contribution in [1.29, 1.82) is 0 Å². The van der Waals surface area contributed by atoms with E-state index >= 15 is 0 Å². The number of hydrogen-bond donors (Lipinski definition) is 0. The van der Waals surface area contributed by atoms with Gasteiger partial charge in [0.05, 0.1) is 100 Å². The molecule has 12 heteroatoms. The molecule has 12 nitrogen and oxygen atoms in total. The Labute approximate surface area is 816 Å². The summed E-state index contributed by atoms with van der Waals surface area (Å²) in [6.45, 7) is 13.7. The van der Waals surface area contributed by atoms with Crippen LogP contribution in [0.4, 0.5) is 0 Å². The van der Waals surface area contributed by atoms with Crippen LogP contribution in [-0.2, 0) is 38.5 Å². The van der Waals surface area contributed by atoms with E-state index < -0.39 is 0 Å². The molecule has 0 unspecified atom stereocenters. The molecule has 0 radical (unpaired) electrons. The number of aryl methyl sites for hydroxylation is 6. The first-order valence-electron chi connectivity index (χ1n) is 53.6. The summed E-state index contributed by atoms with van der Waals surface area (Å²) >= 11 is 0. The number of fused-ring (bicyclic) bond motifs is 24. The van der Waals surface area contributed by atoms with E-state index in [-0.39, 0.29) is 0 Å². The molecule has 9 aromatic heterocycles. The number of aromatic nitrogens is 12. The summed E-state index contributed by atoms with van der Waals surface area (Å²) in [6, 6.07) is 80.6. The van der Waals surface area contributed by atoms with E-state index in [9.17, 15) is 0 Å². The minimum absolute atomic E-state index is 0.534. The van der Waals surface area contributed by atoms with Gasteiger partial charge in [0.2, 0.25) is 0 Å². The molecule has 0 aliphatic heterocycles. The lowest BCUT2D eigenvalue weighted by Crippen LogP contribution is -2.02. The van der Waals surface area contributed by atoms with Crippen LogP contribution in [0, 0.1) is 0 Å². The molecule has 10 aromatic carbocycles. The van der Waals surface area contributed by atoms with Crippen LogP contribution in [0.3, 0.4) is 0 Å². The Morgan fingerprint density at radius 2 is 0.239 bits per heavy atom. The van der Waals surface area contributed by atoms with Crippen molar-refractivity contribution >= 4 is 132 Å². The van der Waals surface area contributed by atoms with Crippen molar-refractivity contribution in [3.8, 4) is 67.5 Å². The first-order valence-corrected chi connectivity index (χ1v) is 53.6. The zero-order valence-electron chi connectivity index (χ0n) is 82.8. The maximum absolute atomic E-state index is 6.06. The monoisotopic (exact) mass is 1820 g/mol. The van der Waals surface area contributed by atoms with Crippen LogP contribution in [0.25, 0.3) is 199 Å². The molecule has 0 spiro atoms. The highest BCUT2D eigenvalue weighted by Crippen LogP contribution is 2.45. The van der Waals surface area contributed by atoms with E-state index in [1.54, 1.807) is 0 Å². The number of unbranched alkanes of at least 4 members (excludes halogenated alkanes) is 30. The molecule has 19 rings (SSSR count). The highest BCUT2D eigenvalue weighted by molar-refractivity contribution is 6.30. The van der Waals surface area contributed by atoms with Gasteiger partial charge in [-0.1, -0.05) is 380 Å². The Bertz CT molecular complexity index is 6260. The smallest absolute Gasteiger partial charge is 0.120 e. The highest BCUT2D eigenvalue weighted by Gasteiger charge is 2.28. The zero-order chi connectivity index (χ0) is 93.9. The summed E-state index contributed by atoms with van der Waals surface area (Å²) < 4.78 is 0. The molecule has 0 atom stereocenters. The first-order chi connectivity index (χ1) is 68.2. The van der Waals surface area contributed by atoms with Gasteiger partial charge in [0.1, 0.15) is 33.1 Å². The highest BCUT2D eigenvalue weighted by atomic mass is 14.9. The van der Waals surface area contributed by atoms with E-state index in [1.807, 2.05) is 0 Å². The van der Waals surface area contributed by atoms with Crippen LogP contribution in [0.2, 0.25) is 0 Å². The molecule has 702 valence electrons. The van der Waals surface area contributed by atoms with E-state index in [0.29, 0.717) is 66.2 Å². The Balaban J connectivity index is 0.838.